The number of anilines is 1. The quantitative estimate of drug-likeness (QED) is 0.409. The van der Waals surface area contributed by atoms with E-state index in [0.717, 1.165) is 16.0 Å². The van der Waals surface area contributed by atoms with Gasteiger partial charge in [-0.3, -0.25) is 9.59 Å². The SMILES string of the molecule is Cc1cc(NC(=O)c2ccco2)sc1C(=O)NC(c1ccc(F)cc1)c1cccs1. The smallest absolute Gasteiger partial charge is 0.291 e. The molecule has 0 saturated carbocycles. The van der Waals surface area contributed by atoms with E-state index in [0.29, 0.717) is 9.88 Å². The molecule has 0 saturated heterocycles. The molecule has 1 unspecified atom stereocenters. The summed E-state index contributed by atoms with van der Waals surface area (Å²) in [6.45, 7) is 1.81. The molecule has 1 aromatic carbocycles. The summed E-state index contributed by atoms with van der Waals surface area (Å²) in [5, 5.41) is 8.26. The average molecular weight is 441 g/mol. The van der Waals surface area contributed by atoms with Gasteiger partial charge in [0, 0.05) is 4.88 Å². The fourth-order valence-electron chi connectivity index (χ4n) is 2.98. The van der Waals surface area contributed by atoms with Crippen LogP contribution in [0.25, 0.3) is 0 Å². The van der Waals surface area contributed by atoms with Crippen molar-refractivity contribution in [3.8, 4) is 0 Å². The number of hydrogen-bond acceptors (Lipinski definition) is 5. The first kappa shape index (κ1) is 20.1. The van der Waals surface area contributed by atoms with E-state index in [1.165, 1.54) is 41.1 Å². The Morgan fingerprint density at radius 2 is 1.87 bits per heavy atom. The third kappa shape index (κ3) is 4.34. The van der Waals surface area contributed by atoms with E-state index < -0.39 is 6.04 Å². The van der Waals surface area contributed by atoms with Gasteiger partial charge in [-0.15, -0.1) is 22.7 Å². The van der Waals surface area contributed by atoms with Gasteiger partial charge in [-0.1, -0.05) is 18.2 Å². The van der Waals surface area contributed by atoms with Crippen molar-refractivity contribution in [2.75, 3.05) is 5.32 Å². The Kier molecular flexibility index (Phi) is 5.78. The van der Waals surface area contributed by atoms with Crippen LogP contribution in [0.15, 0.2) is 70.7 Å². The van der Waals surface area contributed by atoms with Crippen LogP contribution in [0, 0.1) is 12.7 Å². The van der Waals surface area contributed by atoms with Crippen LogP contribution in [0.1, 0.15) is 42.3 Å². The lowest BCUT2D eigenvalue weighted by atomic mass is 10.0. The van der Waals surface area contributed by atoms with Crippen molar-refractivity contribution < 1.29 is 18.4 Å². The maximum Gasteiger partial charge on any atom is 0.291 e. The molecule has 30 heavy (non-hydrogen) atoms. The van der Waals surface area contributed by atoms with Crippen molar-refractivity contribution in [1.82, 2.24) is 5.32 Å². The van der Waals surface area contributed by atoms with Crippen LogP contribution in [0.5, 0.6) is 0 Å². The van der Waals surface area contributed by atoms with Gasteiger partial charge >= 0.3 is 0 Å². The van der Waals surface area contributed by atoms with E-state index in [9.17, 15) is 14.0 Å². The zero-order valence-electron chi connectivity index (χ0n) is 15.8. The largest absolute Gasteiger partial charge is 0.459 e. The number of carbonyl (C=O) groups excluding carboxylic acids is 2. The first-order valence-electron chi connectivity index (χ1n) is 9.06. The third-order valence-electron chi connectivity index (χ3n) is 4.41. The normalized spacial score (nSPS) is 11.8. The Morgan fingerprint density at radius 1 is 1.07 bits per heavy atom. The molecule has 3 aromatic heterocycles. The molecule has 2 N–H and O–H groups in total. The maximum atomic E-state index is 13.4. The van der Waals surface area contributed by atoms with E-state index >= 15 is 0 Å². The molecule has 2 amide bonds. The highest BCUT2D eigenvalue weighted by Crippen LogP contribution is 2.30. The van der Waals surface area contributed by atoms with Crippen LogP contribution in [0.3, 0.4) is 0 Å². The van der Waals surface area contributed by atoms with Gasteiger partial charge in [0.15, 0.2) is 5.76 Å². The van der Waals surface area contributed by atoms with Gasteiger partial charge in [0.25, 0.3) is 11.8 Å². The number of halogens is 1. The molecule has 0 radical (unpaired) electrons. The van der Waals surface area contributed by atoms with Gasteiger partial charge in [0.1, 0.15) is 5.82 Å². The fourth-order valence-corrected chi connectivity index (χ4v) is 4.75. The summed E-state index contributed by atoms with van der Waals surface area (Å²) in [6.07, 6.45) is 1.42. The minimum Gasteiger partial charge on any atom is -0.459 e. The lowest BCUT2D eigenvalue weighted by Gasteiger charge is -2.18. The van der Waals surface area contributed by atoms with Gasteiger partial charge in [-0.05, 0) is 59.8 Å². The second-order valence-corrected chi connectivity index (χ2v) is 8.56. The summed E-state index contributed by atoms with van der Waals surface area (Å²) < 4.78 is 18.4. The second kappa shape index (κ2) is 8.64. The highest BCUT2D eigenvalue weighted by atomic mass is 32.1. The molecule has 0 aliphatic heterocycles. The van der Waals surface area contributed by atoms with Crippen molar-refractivity contribution in [1.29, 1.82) is 0 Å². The molecule has 0 bridgehead atoms. The average Bonchev–Trinajstić information content (AvgIpc) is 3.49. The number of hydrogen-bond donors (Lipinski definition) is 2. The van der Waals surface area contributed by atoms with E-state index in [1.54, 1.807) is 30.3 Å². The molecule has 4 aromatic rings. The van der Waals surface area contributed by atoms with Crippen LogP contribution in [0.2, 0.25) is 0 Å². The van der Waals surface area contributed by atoms with Crippen molar-refractivity contribution in [2.45, 2.75) is 13.0 Å². The van der Waals surface area contributed by atoms with Crippen molar-refractivity contribution in [3.63, 3.8) is 0 Å². The first-order chi connectivity index (χ1) is 14.5. The number of amides is 2. The van der Waals surface area contributed by atoms with Crippen molar-refractivity contribution in [2.24, 2.45) is 0 Å². The number of aryl methyl sites for hydroxylation is 1. The predicted molar refractivity (Wildman–Crippen MR) is 116 cm³/mol. The Labute approximate surface area is 180 Å². The molecular formula is C22H17FN2O3S2. The highest BCUT2D eigenvalue weighted by Gasteiger charge is 2.22. The summed E-state index contributed by atoms with van der Waals surface area (Å²) in [5.74, 6) is -0.781. The van der Waals surface area contributed by atoms with Crippen LogP contribution in [-0.2, 0) is 0 Å². The maximum absolute atomic E-state index is 13.4. The molecule has 8 heteroatoms. The topological polar surface area (TPSA) is 71.3 Å². The minimum atomic E-state index is -0.402. The summed E-state index contributed by atoms with van der Waals surface area (Å²) >= 11 is 2.70. The first-order valence-corrected chi connectivity index (χ1v) is 10.8. The lowest BCUT2D eigenvalue weighted by molar-refractivity contribution is 0.0945. The molecule has 5 nitrogen and oxygen atoms in total. The van der Waals surface area contributed by atoms with Gasteiger partial charge < -0.3 is 15.1 Å². The molecule has 0 aliphatic rings. The van der Waals surface area contributed by atoms with Gasteiger partial charge in [-0.25, -0.2) is 4.39 Å². The van der Waals surface area contributed by atoms with Crippen molar-refractivity contribution >= 4 is 39.5 Å². The Morgan fingerprint density at radius 3 is 2.53 bits per heavy atom. The number of rotatable bonds is 6. The fraction of sp³-hybridized carbons (Fsp3) is 0.0909. The van der Waals surface area contributed by atoms with Gasteiger partial charge in [0.05, 0.1) is 22.2 Å². The van der Waals surface area contributed by atoms with Crippen LogP contribution < -0.4 is 10.6 Å². The zero-order valence-corrected chi connectivity index (χ0v) is 17.5. The number of furan rings is 1. The number of carbonyl (C=O) groups is 2. The zero-order chi connectivity index (χ0) is 21.1. The molecule has 0 aliphatic carbocycles. The summed E-state index contributed by atoms with van der Waals surface area (Å²) in [7, 11) is 0. The minimum absolute atomic E-state index is 0.195. The Balaban J connectivity index is 1.55. The molecule has 0 spiro atoms. The summed E-state index contributed by atoms with van der Waals surface area (Å²) in [5.41, 5.74) is 1.53. The van der Waals surface area contributed by atoms with Gasteiger partial charge in [0.2, 0.25) is 0 Å². The van der Waals surface area contributed by atoms with E-state index in [1.807, 2.05) is 24.4 Å². The van der Waals surface area contributed by atoms with Crippen LogP contribution in [-0.4, -0.2) is 11.8 Å². The standard InChI is InChI=1S/C22H17FN2O3S2/c1-13-12-18(24-21(26)16-4-2-10-28-16)30-20(13)22(27)25-19(17-5-3-11-29-17)14-6-8-15(23)9-7-14/h2-12,19H,1H3,(H,24,26)(H,25,27). The predicted octanol–water partition coefficient (Wildman–Crippen LogP) is 5.62. The molecule has 0 fully saturated rings. The molecular weight excluding hydrogens is 423 g/mol. The number of nitrogens with one attached hydrogen (secondary N) is 2. The molecule has 152 valence electrons. The molecule has 4 rings (SSSR count). The Hall–Kier alpha value is -3.23. The van der Waals surface area contributed by atoms with Crippen LogP contribution in [0.4, 0.5) is 9.39 Å². The molecule has 1 atom stereocenters. The second-order valence-electron chi connectivity index (χ2n) is 6.53. The molecule has 3 heterocycles. The highest BCUT2D eigenvalue weighted by molar-refractivity contribution is 7.18. The van der Waals surface area contributed by atoms with Crippen molar-refractivity contribution in [3.05, 3.63) is 98.7 Å². The number of thiophene rings is 2. The van der Waals surface area contributed by atoms with E-state index in [4.69, 9.17) is 4.42 Å². The number of benzene rings is 1. The van der Waals surface area contributed by atoms with Crippen LogP contribution >= 0.6 is 22.7 Å². The lowest BCUT2D eigenvalue weighted by Crippen LogP contribution is -2.28. The summed E-state index contributed by atoms with van der Waals surface area (Å²) in [4.78, 5) is 26.7. The van der Waals surface area contributed by atoms with E-state index in [-0.39, 0.29) is 23.4 Å². The Bertz CT molecular complexity index is 1150. The third-order valence-corrected chi connectivity index (χ3v) is 6.50. The van der Waals surface area contributed by atoms with E-state index in [2.05, 4.69) is 10.6 Å². The summed E-state index contributed by atoms with van der Waals surface area (Å²) in [6, 6.07) is 14.5. The van der Waals surface area contributed by atoms with Gasteiger partial charge in [-0.2, -0.15) is 0 Å². The monoisotopic (exact) mass is 440 g/mol.